The topological polar surface area (TPSA) is 126 Å². The number of esters is 4. The molecule has 2 aromatic carbocycles. The highest BCUT2D eigenvalue weighted by Crippen LogP contribution is 2.71. The maximum Gasteiger partial charge on any atom is 0.345 e. The summed E-state index contributed by atoms with van der Waals surface area (Å²) in [6.07, 6.45) is 0. The number of hydrogen-bond acceptors (Lipinski definition) is 12. The number of hydrogen-bond donors (Lipinski definition) is 0. The summed E-state index contributed by atoms with van der Waals surface area (Å²) in [5.74, 6) is -3.62. The van der Waals surface area contributed by atoms with Gasteiger partial charge in [0.2, 0.25) is 0 Å². The monoisotopic (exact) mass is 681 g/mol. The van der Waals surface area contributed by atoms with Crippen molar-refractivity contribution in [2.24, 2.45) is 0 Å². The average molecular weight is 682 g/mol. The summed E-state index contributed by atoms with van der Waals surface area (Å²) >= 11 is 2.78. The van der Waals surface area contributed by atoms with Crippen molar-refractivity contribution in [2.45, 2.75) is 37.3 Å². The molecule has 0 saturated heterocycles. The van der Waals surface area contributed by atoms with E-state index in [1.165, 1.54) is 28.4 Å². The van der Waals surface area contributed by atoms with Crippen molar-refractivity contribution >= 4 is 76.3 Å². The van der Waals surface area contributed by atoms with Gasteiger partial charge in [-0.25, -0.2) is 19.2 Å². The van der Waals surface area contributed by atoms with Crippen LogP contribution in [0.25, 0.3) is 5.57 Å². The molecule has 0 saturated carbocycles. The lowest BCUT2D eigenvalue weighted by Gasteiger charge is -2.50. The van der Waals surface area contributed by atoms with Crippen LogP contribution in [0.3, 0.4) is 0 Å². The molecule has 0 aromatic heterocycles. The molecule has 0 N–H and O–H groups in total. The number of thioether (sulfide) groups is 3. The number of carbonyl (C=O) groups is 5. The van der Waals surface area contributed by atoms with Crippen LogP contribution >= 0.6 is 35.3 Å². The maximum atomic E-state index is 14.4. The van der Waals surface area contributed by atoms with Crippen LogP contribution in [0.2, 0.25) is 0 Å². The number of methoxy groups -OCH3 is 4. The van der Waals surface area contributed by atoms with Gasteiger partial charge in [0.25, 0.3) is 5.91 Å². The molecule has 0 bridgehead atoms. The van der Waals surface area contributed by atoms with E-state index in [2.05, 4.69) is 0 Å². The molecule has 0 radical (unpaired) electrons. The lowest BCUT2D eigenvalue weighted by Crippen LogP contribution is -2.53. The number of carbonyl (C=O) groups excluding carboxylic acids is 5. The number of fused-ring (bicyclic) bond motifs is 3. The molecule has 2 aromatic rings. The summed E-state index contributed by atoms with van der Waals surface area (Å²) in [7, 11) is 4.72. The number of rotatable bonds is 5. The van der Waals surface area contributed by atoms with E-state index in [4.69, 9.17) is 18.9 Å². The molecule has 5 rings (SSSR count). The van der Waals surface area contributed by atoms with Gasteiger partial charge in [-0.05, 0) is 52.0 Å². The fraction of sp³-hybridized carbons (Fsp3) is 0.303. The van der Waals surface area contributed by atoms with Gasteiger partial charge in [0, 0.05) is 21.6 Å². The molecular weight excluding hydrogens is 651 g/mol. The Labute approximate surface area is 278 Å². The van der Waals surface area contributed by atoms with Crippen LogP contribution in [0.1, 0.15) is 40.9 Å². The summed E-state index contributed by atoms with van der Waals surface area (Å²) in [5, 5.41) is 0. The predicted molar refractivity (Wildman–Crippen MR) is 178 cm³/mol. The first kappa shape index (κ1) is 33.4. The molecule has 3 aliphatic heterocycles. The molecule has 3 aliphatic rings. The van der Waals surface area contributed by atoms with Gasteiger partial charge < -0.3 is 18.9 Å². The molecule has 46 heavy (non-hydrogen) atoms. The van der Waals surface area contributed by atoms with Gasteiger partial charge in [-0.15, -0.1) is 0 Å². The highest BCUT2D eigenvalue weighted by molar-refractivity contribution is 8.26. The third kappa shape index (κ3) is 5.14. The van der Waals surface area contributed by atoms with Crippen LogP contribution < -0.4 is 4.90 Å². The highest BCUT2D eigenvalue weighted by Gasteiger charge is 2.61. The summed E-state index contributed by atoms with van der Waals surface area (Å²) in [6.45, 7) is 7.51. The number of ether oxygens (including phenoxy) is 4. The maximum absolute atomic E-state index is 14.4. The second kappa shape index (κ2) is 12.3. The Morgan fingerprint density at radius 3 is 1.70 bits per heavy atom. The zero-order valence-corrected chi connectivity index (χ0v) is 28.8. The van der Waals surface area contributed by atoms with E-state index in [1.54, 1.807) is 17.0 Å². The Morgan fingerprint density at radius 2 is 1.17 bits per heavy atom. The zero-order valence-electron chi connectivity index (χ0n) is 26.4. The van der Waals surface area contributed by atoms with E-state index >= 15 is 0 Å². The Kier molecular flexibility index (Phi) is 8.97. The SMILES string of the molecule is COC(=O)C1=C(C(=O)OC)SC2(S1)C(C(=O)OC)=C(C(=O)OC)SC1=C2c2cc(C)ccc2N(C(=O)c2ccc(C)cc2)C1(C)C. The average Bonchev–Trinajstić information content (AvgIpc) is 3.43. The minimum Gasteiger partial charge on any atom is -0.466 e. The molecular formula is C33H31NO9S3. The molecule has 13 heteroatoms. The first-order valence-corrected chi connectivity index (χ1v) is 16.4. The third-order valence-electron chi connectivity index (χ3n) is 7.79. The molecule has 10 nitrogen and oxygen atoms in total. The zero-order chi connectivity index (χ0) is 33.7. The van der Waals surface area contributed by atoms with Crippen LogP contribution in [0.15, 0.2) is 67.7 Å². The Bertz CT molecular complexity index is 1780. The number of nitrogens with zero attached hydrogens (tertiary/aromatic N) is 1. The first-order valence-electron chi connectivity index (χ1n) is 13.9. The van der Waals surface area contributed by atoms with Crippen molar-refractivity contribution < 1.29 is 42.9 Å². The van der Waals surface area contributed by atoms with Crippen molar-refractivity contribution in [3.05, 3.63) is 89.9 Å². The van der Waals surface area contributed by atoms with E-state index in [1.807, 2.05) is 58.0 Å². The van der Waals surface area contributed by atoms with Gasteiger partial charge in [0.05, 0.1) is 45.2 Å². The molecule has 0 unspecified atom stereocenters. The van der Waals surface area contributed by atoms with Crippen molar-refractivity contribution in [3.63, 3.8) is 0 Å². The minimum atomic E-state index is -1.64. The van der Waals surface area contributed by atoms with Gasteiger partial charge in [-0.1, -0.05) is 64.6 Å². The van der Waals surface area contributed by atoms with Gasteiger partial charge in [-0.2, -0.15) is 0 Å². The minimum absolute atomic E-state index is 0.102. The smallest absolute Gasteiger partial charge is 0.345 e. The van der Waals surface area contributed by atoms with Gasteiger partial charge >= 0.3 is 23.9 Å². The Morgan fingerprint density at radius 1 is 0.674 bits per heavy atom. The number of aryl methyl sites for hydroxylation is 2. The Balaban J connectivity index is 1.89. The van der Waals surface area contributed by atoms with Crippen LogP contribution in [-0.2, 0) is 38.1 Å². The summed E-state index contributed by atoms with van der Waals surface area (Å²) in [5.41, 5.74) is 2.68. The summed E-state index contributed by atoms with van der Waals surface area (Å²) < 4.78 is 18.8. The summed E-state index contributed by atoms with van der Waals surface area (Å²) in [6, 6.07) is 12.8. The van der Waals surface area contributed by atoms with Gasteiger partial charge in [0.1, 0.15) is 18.8 Å². The van der Waals surface area contributed by atoms with Crippen LogP contribution in [0.5, 0.6) is 0 Å². The standard InChI is InChI=1S/C33H31NO9S3/c1-16-9-12-18(13-10-16)27(35)34-20-14-11-17(2)15-19(20)21-26(32(34,3)4)44-23(29(37)41-6)22(28(36)40-5)33(21)45-24(30(38)42-7)25(46-33)31(39)43-8/h9-15H,1-8H3. The normalized spacial score (nSPS) is 17.8. The van der Waals surface area contributed by atoms with E-state index in [-0.39, 0.29) is 26.2 Å². The van der Waals surface area contributed by atoms with Gasteiger partial charge in [-0.3, -0.25) is 9.69 Å². The van der Waals surface area contributed by atoms with E-state index in [0.29, 0.717) is 27.3 Å². The van der Waals surface area contributed by atoms with Crippen molar-refractivity contribution in [3.8, 4) is 0 Å². The van der Waals surface area contributed by atoms with Crippen molar-refractivity contribution in [2.75, 3.05) is 33.3 Å². The highest BCUT2D eigenvalue weighted by atomic mass is 32.2. The number of benzene rings is 2. The first-order chi connectivity index (χ1) is 21.8. The lowest BCUT2D eigenvalue weighted by atomic mass is 9.82. The summed E-state index contributed by atoms with van der Waals surface area (Å²) in [4.78, 5) is 69.9. The molecule has 3 heterocycles. The Hall–Kier alpha value is -3.94. The molecule has 240 valence electrons. The van der Waals surface area contributed by atoms with Crippen LogP contribution in [-0.4, -0.2) is 67.8 Å². The second-order valence-electron chi connectivity index (χ2n) is 11.0. The molecule has 0 aliphatic carbocycles. The number of anilines is 1. The second-order valence-corrected chi connectivity index (χ2v) is 14.8. The molecule has 0 atom stereocenters. The van der Waals surface area contributed by atoms with Crippen LogP contribution in [0.4, 0.5) is 5.69 Å². The van der Waals surface area contributed by atoms with E-state index in [9.17, 15) is 24.0 Å². The van der Waals surface area contributed by atoms with Gasteiger partial charge in [0.15, 0.2) is 0 Å². The molecule has 1 amide bonds. The predicted octanol–water partition coefficient (Wildman–Crippen LogP) is 5.53. The largest absolute Gasteiger partial charge is 0.466 e. The third-order valence-corrected chi connectivity index (χ3v) is 12.4. The van der Waals surface area contributed by atoms with Crippen molar-refractivity contribution in [1.29, 1.82) is 0 Å². The quantitative estimate of drug-likeness (QED) is 0.291. The van der Waals surface area contributed by atoms with Crippen molar-refractivity contribution in [1.82, 2.24) is 0 Å². The lowest BCUT2D eigenvalue weighted by molar-refractivity contribution is -0.138. The molecule has 0 fully saturated rings. The van der Waals surface area contributed by atoms with E-state index < -0.39 is 33.5 Å². The molecule has 1 spiro atoms. The number of amides is 1. The fourth-order valence-corrected chi connectivity index (χ4v) is 10.7. The fourth-order valence-electron chi connectivity index (χ4n) is 5.62. The van der Waals surface area contributed by atoms with Crippen LogP contribution in [0, 0.1) is 13.8 Å². The van der Waals surface area contributed by atoms with E-state index in [0.717, 1.165) is 46.4 Å².